The van der Waals surface area contributed by atoms with E-state index in [0.717, 1.165) is 10.1 Å². The Morgan fingerprint density at radius 3 is 2.57 bits per heavy atom. The average molecular weight is 407 g/mol. The number of amides is 1. The second kappa shape index (κ2) is 9.07. The summed E-state index contributed by atoms with van der Waals surface area (Å²) in [6.07, 6.45) is 1.10. The molecule has 1 atom stereocenters. The van der Waals surface area contributed by atoms with Crippen LogP contribution in [0.15, 0.2) is 46.0 Å². The minimum absolute atomic E-state index is 0.0148. The maximum absolute atomic E-state index is 12.2. The molecule has 1 fully saturated rings. The van der Waals surface area contributed by atoms with Crippen molar-refractivity contribution in [2.24, 2.45) is 5.73 Å². The number of benzene rings is 1. The molecule has 0 aliphatic carbocycles. The van der Waals surface area contributed by atoms with Gasteiger partial charge in [-0.1, -0.05) is 41.9 Å². The quantitative estimate of drug-likeness (QED) is 0.738. The molecule has 0 saturated carbocycles. The molecule has 0 unspecified atom stereocenters. The molecule has 1 aliphatic heterocycles. The first kappa shape index (κ1) is 20.2. The lowest BCUT2D eigenvalue weighted by Gasteiger charge is -2.31. The third-order valence-corrected chi connectivity index (χ3v) is 5.11. The highest BCUT2D eigenvalue weighted by molar-refractivity contribution is 6.29. The van der Waals surface area contributed by atoms with E-state index in [4.69, 9.17) is 22.1 Å². The summed E-state index contributed by atoms with van der Waals surface area (Å²) >= 11 is 5.69. The predicted molar refractivity (Wildman–Crippen MR) is 106 cm³/mol. The number of nitrogens with zero attached hydrogens (tertiary/aromatic N) is 2. The molecule has 8 nitrogen and oxygen atoms in total. The van der Waals surface area contributed by atoms with E-state index in [1.807, 2.05) is 30.3 Å². The number of nitrogens with two attached hydrogens (primary N) is 1. The fourth-order valence-electron chi connectivity index (χ4n) is 3.36. The van der Waals surface area contributed by atoms with E-state index in [9.17, 15) is 14.4 Å². The molecular weight excluding hydrogens is 384 g/mol. The fraction of sp³-hybridized carbons (Fsp3) is 0.421. The lowest BCUT2D eigenvalue weighted by Crippen LogP contribution is -2.45. The summed E-state index contributed by atoms with van der Waals surface area (Å²) in [6, 6.07) is 10.4. The molecule has 2 aromatic rings. The molecule has 1 saturated heterocycles. The zero-order chi connectivity index (χ0) is 20.1. The van der Waals surface area contributed by atoms with Gasteiger partial charge in [0, 0.05) is 37.7 Å². The normalized spacial score (nSPS) is 16.0. The number of H-pyrrole nitrogens is 1. The van der Waals surface area contributed by atoms with Gasteiger partial charge in [-0.05, 0) is 18.4 Å². The van der Waals surface area contributed by atoms with Gasteiger partial charge in [0.25, 0.3) is 5.56 Å². The Bertz CT molecular complexity index is 888. The highest BCUT2D eigenvalue weighted by Crippen LogP contribution is 2.21. The van der Waals surface area contributed by atoms with E-state index in [2.05, 4.69) is 4.98 Å². The van der Waals surface area contributed by atoms with Gasteiger partial charge >= 0.3 is 11.8 Å². The molecule has 28 heavy (non-hydrogen) atoms. The number of aromatic amines is 1. The summed E-state index contributed by atoms with van der Waals surface area (Å²) < 4.78 is 6.49. The zero-order valence-corrected chi connectivity index (χ0v) is 16.1. The lowest BCUT2D eigenvalue weighted by molar-refractivity contribution is 0.0856. The van der Waals surface area contributed by atoms with Crippen molar-refractivity contribution in [3.8, 4) is 0 Å². The number of nitrogens with one attached hydrogen (secondary N) is 1. The molecule has 1 amide bonds. The van der Waals surface area contributed by atoms with E-state index in [1.165, 1.54) is 6.07 Å². The standard InChI is InChI=1S/C19H23ClN4O4/c20-16-12-17(25)24(18(26)22-16)14-6-9-23(10-7-14)19(27)28-11-8-15(21)13-4-2-1-3-5-13/h1-5,12,14-15H,6-11,21H2,(H,22,26)/t15-/m0/s1. The number of hydrogen-bond donors (Lipinski definition) is 2. The first-order valence-electron chi connectivity index (χ1n) is 9.19. The molecule has 0 radical (unpaired) electrons. The van der Waals surface area contributed by atoms with Crippen molar-refractivity contribution in [2.75, 3.05) is 19.7 Å². The molecule has 2 heterocycles. The maximum Gasteiger partial charge on any atom is 0.409 e. The number of halogens is 1. The van der Waals surface area contributed by atoms with Gasteiger partial charge in [0.05, 0.1) is 6.61 Å². The molecule has 150 valence electrons. The van der Waals surface area contributed by atoms with Crippen LogP contribution in [0.1, 0.15) is 36.9 Å². The van der Waals surface area contributed by atoms with E-state index < -0.39 is 17.3 Å². The first-order chi connectivity index (χ1) is 13.5. The van der Waals surface area contributed by atoms with Gasteiger partial charge in [-0.3, -0.25) is 14.3 Å². The van der Waals surface area contributed by atoms with Crippen LogP contribution in [0.3, 0.4) is 0 Å². The number of ether oxygens (including phenoxy) is 1. The number of carbonyl (C=O) groups is 1. The highest BCUT2D eigenvalue weighted by atomic mass is 35.5. The van der Waals surface area contributed by atoms with Gasteiger partial charge in [-0.25, -0.2) is 9.59 Å². The minimum atomic E-state index is -0.534. The highest BCUT2D eigenvalue weighted by Gasteiger charge is 2.26. The van der Waals surface area contributed by atoms with Crippen molar-refractivity contribution in [2.45, 2.75) is 31.3 Å². The van der Waals surface area contributed by atoms with Gasteiger partial charge in [-0.2, -0.15) is 0 Å². The first-order valence-corrected chi connectivity index (χ1v) is 9.57. The van der Waals surface area contributed by atoms with Gasteiger partial charge in [-0.15, -0.1) is 0 Å². The molecule has 3 N–H and O–H groups in total. The predicted octanol–water partition coefficient (Wildman–Crippen LogP) is 2.05. The van der Waals surface area contributed by atoms with Crippen LogP contribution in [-0.4, -0.2) is 40.2 Å². The van der Waals surface area contributed by atoms with E-state index >= 15 is 0 Å². The average Bonchev–Trinajstić information content (AvgIpc) is 2.68. The van der Waals surface area contributed by atoms with Gasteiger partial charge in [0.2, 0.25) is 0 Å². The van der Waals surface area contributed by atoms with Crippen molar-refractivity contribution in [1.29, 1.82) is 0 Å². The summed E-state index contributed by atoms with van der Waals surface area (Å²) in [6.45, 7) is 1.04. The van der Waals surface area contributed by atoms with Gasteiger partial charge in [0.15, 0.2) is 0 Å². The van der Waals surface area contributed by atoms with Crippen molar-refractivity contribution >= 4 is 17.7 Å². The maximum atomic E-state index is 12.2. The number of carbonyl (C=O) groups excluding carboxylic acids is 1. The molecular formula is C19H23ClN4O4. The molecule has 1 aromatic heterocycles. The number of piperidine rings is 1. The minimum Gasteiger partial charge on any atom is -0.449 e. The van der Waals surface area contributed by atoms with Gasteiger partial charge < -0.3 is 15.4 Å². The van der Waals surface area contributed by atoms with Crippen LogP contribution < -0.4 is 17.0 Å². The van der Waals surface area contributed by atoms with Crippen molar-refractivity contribution in [1.82, 2.24) is 14.5 Å². The van der Waals surface area contributed by atoms with Crippen molar-refractivity contribution in [3.63, 3.8) is 0 Å². The van der Waals surface area contributed by atoms with Crippen molar-refractivity contribution in [3.05, 3.63) is 68.0 Å². The number of rotatable bonds is 5. The molecule has 9 heteroatoms. The summed E-state index contributed by atoms with van der Waals surface area (Å²) in [5.41, 5.74) is 6.13. The Morgan fingerprint density at radius 2 is 1.93 bits per heavy atom. The number of aromatic nitrogens is 2. The smallest absolute Gasteiger partial charge is 0.409 e. The summed E-state index contributed by atoms with van der Waals surface area (Å²) in [4.78, 5) is 40.3. The monoisotopic (exact) mass is 406 g/mol. The Kier molecular flexibility index (Phi) is 6.53. The molecule has 3 rings (SSSR count). The molecule has 0 spiro atoms. The van der Waals surface area contributed by atoms with E-state index in [-0.39, 0.29) is 23.8 Å². The number of hydrogen-bond acceptors (Lipinski definition) is 5. The van der Waals surface area contributed by atoms with Crippen molar-refractivity contribution < 1.29 is 9.53 Å². The third kappa shape index (κ3) is 4.82. The Balaban J connectivity index is 1.48. The zero-order valence-electron chi connectivity index (χ0n) is 15.3. The summed E-state index contributed by atoms with van der Waals surface area (Å²) in [7, 11) is 0. The number of likely N-dealkylation sites (tertiary alicyclic amines) is 1. The third-order valence-electron chi connectivity index (χ3n) is 4.90. The molecule has 1 aliphatic rings. The van der Waals surface area contributed by atoms with Crippen LogP contribution in [0, 0.1) is 0 Å². The summed E-state index contributed by atoms with van der Waals surface area (Å²) in [5.74, 6) is 0. The van der Waals surface area contributed by atoms with Crippen LogP contribution >= 0.6 is 11.6 Å². The SMILES string of the molecule is N[C@@H](CCOC(=O)N1CCC(n2c(=O)cc(Cl)[nH]c2=O)CC1)c1ccccc1. The van der Waals surface area contributed by atoms with Crippen LogP contribution in [0.25, 0.3) is 0 Å². The Labute approximate surface area is 166 Å². The van der Waals surface area contributed by atoms with Gasteiger partial charge in [0.1, 0.15) is 5.15 Å². The lowest BCUT2D eigenvalue weighted by atomic mass is 10.1. The second-order valence-electron chi connectivity index (χ2n) is 6.77. The molecule has 0 bridgehead atoms. The van der Waals surface area contributed by atoms with Crippen LogP contribution in [0.5, 0.6) is 0 Å². The Morgan fingerprint density at radius 1 is 1.25 bits per heavy atom. The van der Waals surface area contributed by atoms with Crippen LogP contribution in [-0.2, 0) is 4.74 Å². The van der Waals surface area contributed by atoms with Crippen LogP contribution in [0.2, 0.25) is 5.15 Å². The van der Waals surface area contributed by atoms with E-state index in [1.54, 1.807) is 4.90 Å². The second-order valence-corrected chi connectivity index (χ2v) is 7.18. The summed E-state index contributed by atoms with van der Waals surface area (Å²) in [5, 5.41) is 0.0148. The topological polar surface area (TPSA) is 110 Å². The van der Waals surface area contributed by atoms with E-state index in [0.29, 0.717) is 32.4 Å². The fourth-order valence-corrected chi connectivity index (χ4v) is 3.53. The largest absolute Gasteiger partial charge is 0.449 e. The molecule has 1 aromatic carbocycles. The Hall–Kier alpha value is -2.58. The van der Waals surface area contributed by atoms with Crippen LogP contribution in [0.4, 0.5) is 4.79 Å².